The van der Waals surface area contributed by atoms with Gasteiger partial charge in [0, 0.05) is 17.0 Å². The Labute approximate surface area is 119 Å². The number of nitrogens with zero attached hydrogens (tertiary/aromatic N) is 1. The Morgan fingerprint density at radius 1 is 0.810 bits per heavy atom. The zero-order valence-electron chi connectivity index (χ0n) is 10.9. The van der Waals surface area contributed by atoms with Gasteiger partial charge in [-0.05, 0) is 35.0 Å². The Balaban J connectivity index is 2.06. The van der Waals surface area contributed by atoms with Crippen LogP contribution in [-0.2, 0) is 0 Å². The maximum atomic E-state index is 9.72. The molecule has 1 heterocycles. The van der Waals surface area contributed by atoms with E-state index in [-0.39, 0.29) is 11.5 Å². The molecule has 2 N–H and O–H groups in total. The van der Waals surface area contributed by atoms with Gasteiger partial charge in [0.15, 0.2) is 5.58 Å². The first-order valence-corrected chi connectivity index (χ1v) is 6.53. The van der Waals surface area contributed by atoms with E-state index in [2.05, 4.69) is 5.16 Å². The van der Waals surface area contributed by atoms with Crippen molar-refractivity contribution in [3.63, 3.8) is 0 Å². The number of hydrogen-bond donors (Lipinski definition) is 2. The number of rotatable bonds is 1. The molecule has 4 heteroatoms. The lowest BCUT2D eigenvalue weighted by molar-refractivity contribution is 0.451. The summed E-state index contributed by atoms with van der Waals surface area (Å²) in [6.45, 7) is 0. The SMILES string of the molecule is Oc1ccc2c(-c3cccc4ccc(O)cc34)noc2c1. The van der Waals surface area contributed by atoms with E-state index in [4.69, 9.17) is 4.52 Å². The molecule has 0 saturated heterocycles. The Hall–Kier alpha value is -3.01. The second-order valence-electron chi connectivity index (χ2n) is 4.92. The Morgan fingerprint density at radius 2 is 1.62 bits per heavy atom. The van der Waals surface area contributed by atoms with Crippen molar-refractivity contribution >= 4 is 21.7 Å². The zero-order valence-corrected chi connectivity index (χ0v) is 10.9. The molecule has 0 aliphatic rings. The molecule has 0 spiro atoms. The smallest absolute Gasteiger partial charge is 0.171 e. The van der Waals surface area contributed by atoms with Crippen molar-refractivity contribution in [2.75, 3.05) is 0 Å². The van der Waals surface area contributed by atoms with Crippen LogP contribution in [0.25, 0.3) is 33.0 Å². The van der Waals surface area contributed by atoms with Gasteiger partial charge in [0.25, 0.3) is 0 Å². The summed E-state index contributed by atoms with van der Waals surface area (Å²) in [5.41, 5.74) is 2.11. The second-order valence-corrected chi connectivity index (χ2v) is 4.92. The van der Waals surface area contributed by atoms with Gasteiger partial charge in [-0.25, -0.2) is 0 Å². The Morgan fingerprint density at radius 3 is 2.52 bits per heavy atom. The first-order valence-electron chi connectivity index (χ1n) is 6.53. The van der Waals surface area contributed by atoms with Crippen LogP contribution in [-0.4, -0.2) is 15.4 Å². The quantitative estimate of drug-likeness (QED) is 0.550. The number of phenols is 2. The largest absolute Gasteiger partial charge is 0.508 e. The van der Waals surface area contributed by atoms with Crippen LogP contribution >= 0.6 is 0 Å². The van der Waals surface area contributed by atoms with Crippen LogP contribution < -0.4 is 0 Å². The van der Waals surface area contributed by atoms with Gasteiger partial charge >= 0.3 is 0 Å². The highest BCUT2D eigenvalue weighted by atomic mass is 16.5. The van der Waals surface area contributed by atoms with Crippen molar-refractivity contribution < 1.29 is 14.7 Å². The molecular formula is C17H11NO3. The summed E-state index contributed by atoms with van der Waals surface area (Å²) >= 11 is 0. The van der Waals surface area contributed by atoms with Gasteiger partial charge in [-0.2, -0.15) is 0 Å². The summed E-state index contributed by atoms with van der Waals surface area (Å²) in [4.78, 5) is 0. The highest BCUT2D eigenvalue weighted by Gasteiger charge is 2.13. The van der Waals surface area contributed by atoms with Crippen molar-refractivity contribution in [2.45, 2.75) is 0 Å². The van der Waals surface area contributed by atoms with Crippen LogP contribution in [0.15, 0.2) is 59.1 Å². The van der Waals surface area contributed by atoms with E-state index >= 15 is 0 Å². The van der Waals surface area contributed by atoms with Crippen LogP contribution in [0.4, 0.5) is 0 Å². The van der Waals surface area contributed by atoms with Crippen molar-refractivity contribution in [3.05, 3.63) is 54.6 Å². The first-order chi connectivity index (χ1) is 10.2. The van der Waals surface area contributed by atoms with Crippen LogP contribution in [0.3, 0.4) is 0 Å². The molecule has 0 aliphatic heterocycles. The summed E-state index contributed by atoms with van der Waals surface area (Å²) in [5.74, 6) is 0.348. The number of fused-ring (bicyclic) bond motifs is 2. The van der Waals surface area contributed by atoms with E-state index in [9.17, 15) is 10.2 Å². The molecule has 0 atom stereocenters. The Kier molecular flexibility index (Phi) is 2.38. The van der Waals surface area contributed by atoms with Crippen LogP contribution in [0.1, 0.15) is 0 Å². The lowest BCUT2D eigenvalue weighted by Crippen LogP contribution is -1.82. The van der Waals surface area contributed by atoms with Crippen molar-refractivity contribution in [1.29, 1.82) is 0 Å². The minimum Gasteiger partial charge on any atom is -0.508 e. The lowest BCUT2D eigenvalue weighted by Gasteiger charge is -2.04. The van der Waals surface area contributed by atoms with Crippen molar-refractivity contribution in [1.82, 2.24) is 5.16 Å². The zero-order chi connectivity index (χ0) is 14.4. The highest BCUT2D eigenvalue weighted by molar-refractivity contribution is 6.03. The molecule has 0 aliphatic carbocycles. The number of aromatic nitrogens is 1. The van der Waals surface area contributed by atoms with Gasteiger partial charge < -0.3 is 14.7 Å². The normalized spacial score (nSPS) is 11.2. The van der Waals surface area contributed by atoms with Crippen LogP contribution in [0.5, 0.6) is 11.5 Å². The predicted octanol–water partition coefficient (Wildman–Crippen LogP) is 4.06. The second kappa shape index (κ2) is 4.24. The summed E-state index contributed by atoms with van der Waals surface area (Å²) < 4.78 is 5.29. The molecule has 0 radical (unpaired) electrons. The van der Waals surface area contributed by atoms with Gasteiger partial charge in [0.2, 0.25) is 0 Å². The van der Waals surface area contributed by atoms with Gasteiger partial charge in [-0.15, -0.1) is 0 Å². The third kappa shape index (κ3) is 1.80. The van der Waals surface area contributed by atoms with E-state index < -0.39 is 0 Å². The van der Waals surface area contributed by atoms with E-state index in [1.54, 1.807) is 24.3 Å². The molecule has 4 rings (SSSR count). The number of benzene rings is 3. The summed E-state index contributed by atoms with van der Waals surface area (Å²) in [6.07, 6.45) is 0. The average molecular weight is 277 g/mol. The van der Waals surface area contributed by atoms with Crippen LogP contribution in [0, 0.1) is 0 Å². The highest BCUT2D eigenvalue weighted by Crippen LogP contribution is 2.35. The molecule has 1 aromatic heterocycles. The molecule has 21 heavy (non-hydrogen) atoms. The Bertz CT molecular complexity index is 972. The van der Waals surface area contributed by atoms with Gasteiger partial charge in [-0.1, -0.05) is 29.4 Å². The standard InChI is InChI=1S/C17H11NO3/c19-11-5-4-10-2-1-3-13(15(10)8-11)17-14-7-6-12(20)9-16(14)21-18-17/h1-9,19-20H. The third-order valence-electron chi connectivity index (χ3n) is 3.58. The molecule has 3 aromatic carbocycles. The lowest BCUT2D eigenvalue weighted by atomic mass is 10.00. The van der Waals surface area contributed by atoms with Gasteiger partial charge in [0.05, 0.1) is 0 Å². The molecule has 102 valence electrons. The van der Waals surface area contributed by atoms with Gasteiger partial charge in [0.1, 0.15) is 17.2 Å². The van der Waals surface area contributed by atoms with Crippen molar-refractivity contribution in [3.8, 4) is 22.8 Å². The van der Waals surface area contributed by atoms with E-state index in [1.165, 1.54) is 6.07 Å². The monoisotopic (exact) mass is 277 g/mol. The number of aromatic hydroxyl groups is 2. The number of hydrogen-bond acceptors (Lipinski definition) is 4. The topological polar surface area (TPSA) is 66.5 Å². The fraction of sp³-hybridized carbons (Fsp3) is 0. The molecule has 0 unspecified atom stereocenters. The average Bonchev–Trinajstić information content (AvgIpc) is 2.89. The predicted molar refractivity (Wildman–Crippen MR) is 80.3 cm³/mol. The molecule has 0 amide bonds. The fourth-order valence-electron chi connectivity index (χ4n) is 2.59. The number of phenolic OH excluding ortho intramolecular Hbond substituents is 2. The summed E-state index contributed by atoms with van der Waals surface area (Å²) in [7, 11) is 0. The summed E-state index contributed by atoms with van der Waals surface area (Å²) in [6, 6.07) is 16.0. The first kappa shape index (κ1) is 11.8. The maximum absolute atomic E-state index is 9.72. The third-order valence-corrected chi connectivity index (χ3v) is 3.58. The molecular weight excluding hydrogens is 266 g/mol. The molecule has 4 aromatic rings. The molecule has 0 fully saturated rings. The molecule has 4 nitrogen and oxygen atoms in total. The van der Waals surface area contributed by atoms with Crippen molar-refractivity contribution in [2.24, 2.45) is 0 Å². The fourth-order valence-corrected chi connectivity index (χ4v) is 2.59. The maximum Gasteiger partial charge on any atom is 0.171 e. The summed E-state index contributed by atoms with van der Waals surface area (Å²) in [5, 5.41) is 26.1. The minimum atomic E-state index is 0.140. The van der Waals surface area contributed by atoms with Gasteiger partial charge in [-0.3, -0.25) is 0 Å². The molecule has 0 bridgehead atoms. The van der Waals surface area contributed by atoms with E-state index in [0.717, 1.165) is 21.7 Å². The minimum absolute atomic E-state index is 0.140. The molecule has 0 saturated carbocycles. The van der Waals surface area contributed by atoms with E-state index in [0.29, 0.717) is 11.3 Å². The van der Waals surface area contributed by atoms with Crippen LogP contribution in [0.2, 0.25) is 0 Å². The van der Waals surface area contributed by atoms with E-state index in [1.807, 2.05) is 24.3 Å².